The fourth-order valence-electron chi connectivity index (χ4n) is 5.67. The zero-order valence-corrected chi connectivity index (χ0v) is 18.2. The third-order valence-electron chi connectivity index (χ3n) is 7.27. The van der Waals surface area contributed by atoms with Crippen molar-refractivity contribution in [3.05, 3.63) is 72.2 Å². The second-order valence-corrected chi connectivity index (χ2v) is 9.38. The van der Waals surface area contributed by atoms with Crippen LogP contribution in [0.25, 0.3) is 21.9 Å². The molecular weight excluding hydrogens is 396 g/mol. The van der Waals surface area contributed by atoms with Crippen LogP contribution in [0, 0.1) is 24.2 Å². The molecule has 0 spiro atoms. The fraction of sp³-hybridized carbons (Fsp3) is 0.357. The number of hydrogen-bond donors (Lipinski definition) is 0. The van der Waals surface area contributed by atoms with Crippen molar-refractivity contribution in [2.75, 3.05) is 19.6 Å². The first-order valence-electron chi connectivity index (χ1n) is 11.6. The van der Waals surface area contributed by atoms with Gasteiger partial charge in [-0.3, -0.25) is 9.80 Å². The number of benzene rings is 2. The Balaban J connectivity index is 1.25. The molecule has 4 aromatic rings. The van der Waals surface area contributed by atoms with Gasteiger partial charge in [-0.25, -0.2) is 0 Å². The van der Waals surface area contributed by atoms with E-state index in [0.717, 1.165) is 66.2 Å². The van der Waals surface area contributed by atoms with E-state index in [1.807, 2.05) is 24.3 Å². The number of furan rings is 2. The third kappa shape index (κ3) is 3.72. The average Bonchev–Trinajstić information content (AvgIpc) is 3.42. The van der Waals surface area contributed by atoms with E-state index in [9.17, 15) is 0 Å². The Labute approximate surface area is 188 Å². The molecule has 0 N–H and O–H groups in total. The Hall–Kier alpha value is -3.00. The van der Waals surface area contributed by atoms with Gasteiger partial charge in [0.25, 0.3) is 0 Å². The number of nitrogens with zero attached hydrogens (tertiary/aromatic N) is 2. The molecule has 0 radical (unpaired) electrons. The summed E-state index contributed by atoms with van der Waals surface area (Å²) in [6.07, 6.45) is 8.22. The molecule has 4 heteroatoms. The van der Waals surface area contributed by atoms with Crippen LogP contribution in [0.15, 0.2) is 69.5 Å². The number of rotatable bonds is 6. The normalized spacial score (nSPS) is 25.0. The van der Waals surface area contributed by atoms with Gasteiger partial charge >= 0.3 is 0 Å². The molecule has 4 unspecified atom stereocenters. The highest BCUT2D eigenvalue weighted by Gasteiger charge is 2.39. The van der Waals surface area contributed by atoms with Gasteiger partial charge in [0.15, 0.2) is 0 Å². The van der Waals surface area contributed by atoms with Crippen LogP contribution in [0.5, 0.6) is 0 Å². The summed E-state index contributed by atoms with van der Waals surface area (Å²) in [4.78, 5) is 5.08. The van der Waals surface area contributed by atoms with Gasteiger partial charge in [0.05, 0.1) is 13.1 Å². The van der Waals surface area contributed by atoms with Gasteiger partial charge in [0.2, 0.25) is 0 Å². The Morgan fingerprint density at radius 2 is 1.56 bits per heavy atom. The molecular formula is C28H28N2O2. The summed E-state index contributed by atoms with van der Waals surface area (Å²) in [5.74, 6) is 6.11. The lowest BCUT2D eigenvalue weighted by Crippen LogP contribution is -2.56. The average molecular weight is 425 g/mol. The van der Waals surface area contributed by atoms with Gasteiger partial charge in [0, 0.05) is 35.8 Å². The maximum absolute atomic E-state index is 6.17. The Bertz CT molecular complexity index is 1140. The van der Waals surface area contributed by atoms with Gasteiger partial charge in [-0.1, -0.05) is 36.4 Å². The molecule has 3 aliphatic heterocycles. The lowest BCUT2D eigenvalue weighted by molar-refractivity contribution is 0.00118. The summed E-state index contributed by atoms with van der Waals surface area (Å²) < 4.78 is 12.3. The largest absolute Gasteiger partial charge is 0.460 e. The minimum absolute atomic E-state index is 0.416. The quantitative estimate of drug-likeness (QED) is 0.381. The van der Waals surface area contributed by atoms with E-state index in [1.165, 1.54) is 12.8 Å². The first-order chi connectivity index (χ1) is 15.7. The third-order valence-corrected chi connectivity index (χ3v) is 7.27. The molecule has 0 amide bonds. The topological polar surface area (TPSA) is 32.8 Å². The van der Waals surface area contributed by atoms with E-state index < -0.39 is 0 Å². The molecule has 3 fully saturated rings. The van der Waals surface area contributed by atoms with E-state index in [2.05, 4.69) is 52.1 Å². The van der Waals surface area contributed by atoms with Gasteiger partial charge in [-0.15, -0.1) is 12.3 Å². The highest BCUT2D eigenvalue weighted by molar-refractivity contribution is 5.78. The molecule has 4 nitrogen and oxygen atoms in total. The van der Waals surface area contributed by atoms with Crippen LogP contribution in [0.2, 0.25) is 0 Å². The van der Waals surface area contributed by atoms with Crippen molar-refractivity contribution >= 4 is 21.9 Å². The Morgan fingerprint density at radius 3 is 2.09 bits per heavy atom. The number of fused-ring (bicyclic) bond motifs is 5. The molecule has 3 aliphatic rings. The van der Waals surface area contributed by atoms with Crippen LogP contribution < -0.4 is 0 Å². The number of hydrogen-bond acceptors (Lipinski definition) is 4. The molecule has 32 heavy (non-hydrogen) atoms. The van der Waals surface area contributed by atoms with Crippen LogP contribution in [0.4, 0.5) is 0 Å². The fourth-order valence-corrected chi connectivity index (χ4v) is 5.67. The lowest BCUT2D eigenvalue weighted by atomic mass is 9.76. The van der Waals surface area contributed by atoms with Crippen molar-refractivity contribution in [2.45, 2.75) is 32.0 Å². The van der Waals surface area contributed by atoms with Crippen molar-refractivity contribution in [3.8, 4) is 12.3 Å². The zero-order chi connectivity index (χ0) is 21.5. The monoisotopic (exact) mass is 424 g/mol. The first-order valence-corrected chi connectivity index (χ1v) is 11.6. The predicted molar refractivity (Wildman–Crippen MR) is 127 cm³/mol. The van der Waals surface area contributed by atoms with Crippen molar-refractivity contribution in [3.63, 3.8) is 0 Å². The molecule has 5 heterocycles. The number of piperidine rings is 3. The highest BCUT2D eigenvalue weighted by Crippen LogP contribution is 2.36. The predicted octanol–water partition coefficient (Wildman–Crippen LogP) is 5.52. The van der Waals surface area contributed by atoms with Crippen molar-refractivity contribution < 1.29 is 8.83 Å². The van der Waals surface area contributed by atoms with Crippen LogP contribution in [0.1, 0.15) is 24.4 Å². The van der Waals surface area contributed by atoms with E-state index in [-0.39, 0.29) is 0 Å². The summed E-state index contributed by atoms with van der Waals surface area (Å²) in [5.41, 5.74) is 1.90. The molecule has 2 aromatic heterocycles. The van der Waals surface area contributed by atoms with Crippen LogP contribution in [-0.2, 0) is 13.1 Å². The molecule has 3 saturated heterocycles. The number of terminal acetylenes is 1. The molecule has 0 saturated carbocycles. The summed E-state index contributed by atoms with van der Waals surface area (Å²) >= 11 is 0. The van der Waals surface area contributed by atoms with Gasteiger partial charge in [-0.2, -0.15) is 0 Å². The van der Waals surface area contributed by atoms with E-state index in [1.54, 1.807) is 0 Å². The standard InChI is InChI=1S/C28H28N2O2/c1-2-20-16-30-12-11-21(20)13-24(30)17-29(18-25-14-22-7-3-5-9-27(22)31-25)19-26-15-23-8-4-6-10-28(23)32-26/h1,3-10,14-15,20-21,24H,11-13,16-19H2. The van der Waals surface area contributed by atoms with Gasteiger partial charge in [0.1, 0.15) is 22.7 Å². The zero-order valence-electron chi connectivity index (χ0n) is 18.2. The highest BCUT2D eigenvalue weighted by atomic mass is 16.3. The number of para-hydroxylation sites is 2. The molecule has 0 aliphatic carbocycles. The van der Waals surface area contributed by atoms with Crippen LogP contribution >= 0.6 is 0 Å². The minimum atomic E-state index is 0.416. The van der Waals surface area contributed by atoms with Crippen molar-refractivity contribution in [1.82, 2.24) is 9.80 Å². The van der Waals surface area contributed by atoms with Gasteiger partial charge < -0.3 is 8.83 Å². The summed E-state index contributed by atoms with van der Waals surface area (Å²) in [7, 11) is 0. The molecule has 2 aromatic carbocycles. The van der Waals surface area contributed by atoms with Gasteiger partial charge in [-0.05, 0) is 49.6 Å². The Morgan fingerprint density at radius 1 is 0.938 bits per heavy atom. The molecule has 7 rings (SSSR count). The van der Waals surface area contributed by atoms with Crippen molar-refractivity contribution in [2.24, 2.45) is 11.8 Å². The second kappa shape index (κ2) is 8.16. The molecule has 2 bridgehead atoms. The molecule has 4 atom stereocenters. The summed E-state index contributed by atoms with van der Waals surface area (Å²) in [6.45, 7) is 4.71. The maximum Gasteiger partial charge on any atom is 0.134 e. The van der Waals surface area contributed by atoms with E-state index in [4.69, 9.17) is 15.3 Å². The van der Waals surface area contributed by atoms with E-state index >= 15 is 0 Å². The van der Waals surface area contributed by atoms with Crippen molar-refractivity contribution in [1.29, 1.82) is 0 Å². The second-order valence-electron chi connectivity index (χ2n) is 9.38. The summed E-state index contributed by atoms with van der Waals surface area (Å²) in [6, 6.07) is 21.3. The SMILES string of the molecule is C#CC1CN2CCC1CC2CN(Cc1cc2ccccc2o1)Cc1cc2ccccc2o1. The first kappa shape index (κ1) is 19.7. The minimum Gasteiger partial charge on any atom is -0.460 e. The lowest BCUT2D eigenvalue weighted by Gasteiger charge is -2.49. The summed E-state index contributed by atoms with van der Waals surface area (Å²) in [5, 5.41) is 2.31. The maximum atomic E-state index is 6.17. The Kier molecular flexibility index (Phi) is 5.02. The molecule has 162 valence electrons. The van der Waals surface area contributed by atoms with E-state index in [0.29, 0.717) is 17.9 Å². The van der Waals surface area contributed by atoms with Crippen LogP contribution in [-0.4, -0.2) is 35.5 Å². The smallest absolute Gasteiger partial charge is 0.134 e. The van der Waals surface area contributed by atoms with Crippen LogP contribution in [0.3, 0.4) is 0 Å².